The number of aromatic nitrogens is 2. The van der Waals surface area contributed by atoms with Gasteiger partial charge >= 0.3 is 0 Å². The standard InChI is InChI=1S/C22H25N3O3S/c1-2-3-11-20(26)23-15-7-6-8-17(12-15)28-14-16-13-21(27)25-18-9-4-5-10-19(18)29-22(25)24-16/h6-8,12-13H,2-5,9-11,14H2,1H3,(H,23,26). The number of anilines is 1. The van der Waals surface area contributed by atoms with E-state index in [-0.39, 0.29) is 18.1 Å². The summed E-state index contributed by atoms with van der Waals surface area (Å²) in [6.07, 6.45) is 6.66. The number of hydrogen-bond acceptors (Lipinski definition) is 5. The van der Waals surface area contributed by atoms with E-state index in [2.05, 4.69) is 17.2 Å². The highest BCUT2D eigenvalue weighted by atomic mass is 32.1. The zero-order chi connectivity index (χ0) is 20.2. The molecule has 0 aliphatic heterocycles. The Morgan fingerprint density at radius 3 is 3.00 bits per heavy atom. The molecule has 4 rings (SSSR count). The maximum atomic E-state index is 12.6. The number of amides is 1. The fraction of sp³-hybridized carbons (Fsp3) is 0.409. The molecule has 7 heteroatoms. The molecule has 2 heterocycles. The van der Waals surface area contributed by atoms with Crippen LogP contribution in [0.3, 0.4) is 0 Å². The molecular formula is C22H25N3O3S. The van der Waals surface area contributed by atoms with Crippen molar-refractivity contribution < 1.29 is 9.53 Å². The third kappa shape index (κ3) is 4.50. The van der Waals surface area contributed by atoms with Crippen LogP contribution < -0.4 is 15.6 Å². The van der Waals surface area contributed by atoms with Gasteiger partial charge in [0, 0.05) is 34.8 Å². The van der Waals surface area contributed by atoms with Crippen LogP contribution in [0, 0.1) is 0 Å². The summed E-state index contributed by atoms with van der Waals surface area (Å²) in [5.74, 6) is 0.636. The molecule has 1 aliphatic rings. The van der Waals surface area contributed by atoms with Gasteiger partial charge in [-0.1, -0.05) is 19.4 Å². The summed E-state index contributed by atoms with van der Waals surface area (Å²) < 4.78 is 7.60. The molecule has 1 N–H and O–H groups in total. The number of carbonyl (C=O) groups is 1. The number of hydrogen-bond donors (Lipinski definition) is 1. The zero-order valence-corrected chi connectivity index (χ0v) is 17.4. The minimum absolute atomic E-state index is 0.00537. The maximum absolute atomic E-state index is 12.6. The lowest BCUT2D eigenvalue weighted by atomic mass is 10.0. The molecule has 1 aliphatic carbocycles. The van der Waals surface area contributed by atoms with E-state index in [0.29, 0.717) is 23.6 Å². The average molecular weight is 412 g/mol. The van der Waals surface area contributed by atoms with Gasteiger partial charge < -0.3 is 10.1 Å². The Morgan fingerprint density at radius 1 is 1.28 bits per heavy atom. The Kier molecular flexibility index (Phi) is 5.94. The predicted octanol–water partition coefficient (Wildman–Crippen LogP) is 4.34. The summed E-state index contributed by atoms with van der Waals surface area (Å²) in [5.41, 5.74) is 2.42. The lowest BCUT2D eigenvalue weighted by Crippen LogP contribution is -2.18. The summed E-state index contributed by atoms with van der Waals surface area (Å²) in [6, 6.07) is 8.86. The molecule has 0 spiro atoms. The normalized spacial score (nSPS) is 13.3. The highest BCUT2D eigenvalue weighted by Crippen LogP contribution is 2.28. The number of nitrogens with zero attached hydrogens (tertiary/aromatic N) is 2. The first-order valence-corrected chi connectivity index (χ1v) is 11.0. The lowest BCUT2D eigenvalue weighted by Gasteiger charge is -2.10. The maximum Gasteiger partial charge on any atom is 0.259 e. The van der Waals surface area contributed by atoms with Crippen molar-refractivity contribution in [3.8, 4) is 5.75 Å². The Balaban J connectivity index is 1.46. The first-order chi connectivity index (χ1) is 14.1. The number of benzene rings is 1. The van der Waals surface area contributed by atoms with Gasteiger partial charge in [-0.3, -0.25) is 14.0 Å². The smallest absolute Gasteiger partial charge is 0.259 e. The number of thiazole rings is 1. The Labute approximate surface area is 173 Å². The van der Waals surface area contributed by atoms with Gasteiger partial charge in [0.15, 0.2) is 4.96 Å². The van der Waals surface area contributed by atoms with E-state index in [1.54, 1.807) is 27.9 Å². The van der Waals surface area contributed by atoms with Crippen LogP contribution in [0.25, 0.3) is 4.96 Å². The molecule has 3 aromatic rings. The van der Waals surface area contributed by atoms with Crippen LogP contribution in [-0.2, 0) is 24.2 Å². The molecule has 0 unspecified atom stereocenters. The van der Waals surface area contributed by atoms with Gasteiger partial charge in [-0.05, 0) is 44.2 Å². The first-order valence-electron chi connectivity index (χ1n) is 10.2. The van der Waals surface area contributed by atoms with Crippen molar-refractivity contribution in [3.63, 3.8) is 0 Å². The second-order valence-electron chi connectivity index (χ2n) is 7.35. The molecule has 2 aromatic heterocycles. The molecule has 6 nitrogen and oxygen atoms in total. The van der Waals surface area contributed by atoms with Gasteiger partial charge in [0.25, 0.3) is 5.56 Å². The van der Waals surface area contributed by atoms with E-state index in [9.17, 15) is 9.59 Å². The number of nitrogens with one attached hydrogen (secondary N) is 1. The number of aryl methyl sites for hydroxylation is 2. The molecule has 0 bridgehead atoms. The molecule has 29 heavy (non-hydrogen) atoms. The monoisotopic (exact) mass is 411 g/mol. The van der Waals surface area contributed by atoms with Gasteiger partial charge in [0.2, 0.25) is 5.91 Å². The van der Waals surface area contributed by atoms with Gasteiger partial charge in [-0.15, -0.1) is 11.3 Å². The van der Waals surface area contributed by atoms with Crippen molar-refractivity contribution >= 4 is 27.9 Å². The molecule has 152 valence electrons. The van der Waals surface area contributed by atoms with Crippen LogP contribution in [0.15, 0.2) is 35.1 Å². The summed E-state index contributed by atoms with van der Waals surface area (Å²) in [7, 11) is 0. The van der Waals surface area contributed by atoms with Crippen LogP contribution >= 0.6 is 11.3 Å². The van der Waals surface area contributed by atoms with E-state index in [1.807, 2.05) is 18.2 Å². The van der Waals surface area contributed by atoms with Gasteiger partial charge in [-0.25, -0.2) is 4.98 Å². The molecule has 1 amide bonds. The van der Waals surface area contributed by atoms with Gasteiger partial charge in [0.1, 0.15) is 12.4 Å². The van der Waals surface area contributed by atoms with Crippen molar-refractivity contribution in [2.75, 3.05) is 5.32 Å². The van der Waals surface area contributed by atoms with E-state index in [1.165, 1.54) is 11.3 Å². The topological polar surface area (TPSA) is 72.7 Å². The zero-order valence-electron chi connectivity index (χ0n) is 16.6. The molecule has 0 atom stereocenters. The third-order valence-corrected chi connectivity index (χ3v) is 6.22. The molecule has 0 radical (unpaired) electrons. The van der Waals surface area contributed by atoms with Crippen LogP contribution in [0.2, 0.25) is 0 Å². The summed E-state index contributed by atoms with van der Waals surface area (Å²) >= 11 is 1.61. The Hall–Kier alpha value is -2.67. The number of unbranched alkanes of at least 4 members (excludes halogenated alkanes) is 1. The Bertz CT molecular complexity index is 1090. The average Bonchev–Trinajstić information content (AvgIpc) is 3.10. The fourth-order valence-corrected chi connectivity index (χ4v) is 4.83. The van der Waals surface area contributed by atoms with Gasteiger partial charge in [0.05, 0.1) is 5.69 Å². The quantitative estimate of drug-likeness (QED) is 0.628. The molecule has 0 fully saturated rings. The van der Waals surface area contributed by atoms with Crippen molar-refractivity contribution in [3.05, 3.63) is 57.0 Å². The van der Waals surface area contributed by atoms with Crippen LogP contribution in [-0.4, -0.2) is 15.3 Å². The number of rotatable bonds is 7. The number of ether oxygens (including phenoxy) is 1. The van der Waals surface area contributed by atoms with Crippen LogP contribution in [0.1, 0.15) is 55.3 Å². The molecular weight excluding hydrogens is 386 g/mol. The second kappa shape index (κ2) is 8.78. The molecule has 1 aromatic carbocycles. The third-order valence-electron chi connectivity index (χ3n) is 5.08. The molecule has 0 saturated carbocycles. The number of fused-ring (bicyclic) bond motifs is 3. The van der Waals surface area contributed by atoms with Gasteiger partial charge in [-0.2, -0.15) is 0 Å². The largest absolute Gasteiger partial charge is 0.487 e. The highest BCUT2D eigenvalue weighted by molar-refractivity contribution is 7.17. The van der Waals surface area contributed by atoms with Crippen LogP contribution in [0.5, 0.6) is 5.75 Å². The van der Waals surface area contributed by atoms with E-state index < -0.39 is 0 Å². The molecule has 0 saturated heterocycles. The van der Waals surface area contributed by atoms with Crippen molar-refractivity contribution in [1.82, 2.24) is 9.38 Å². The van der Waals surface area contributed by atoms with Crippen LogP contribution in [0.4, 0.5) is 5.69 Å². The predicted molar refractivity (Wildman–Crippen MR) is 115 cm³/mol. The lowest BCUT2D eigenvalue weighted by molar-refractivity contribution is -0.116. The minimum atomic E-state index is -0.0371. The second-order valence-corrected chi connectivity index (χ2v) is 8.41. The fourth-order valence-electron chi connectivity index (χ4n) is 3.60. The van der Waals surface area contributed by atoms with E-state index in [0.717, 1.165) is 42.8 Å². The van der Waals surface area contributed by atoms with Crippen molar-refractivity contribution in [2.24, 2.45) is 0 Å². The van der Waals surface area contributed by atoms with E-state index >= 15 is 0 Å². The number of carbonyl (C=O) groups excluding carboxylic acids is 1. The Morgan fingerprint density at radius 2 is 2.14 bits per heavy atom. The SMILES string of the molecule is CCCCC(=O)Nc1cccc(OCc2cc(=O)n3c4c(sc3n2)CCCC4)c1. The summed E-state index contributed by atoms with van der Waals surface area (Å²) in [6.45, 7) is 2.27. The van der Waals surface area contributed by atoms with Crippen molar-refractivity contribution in [1.29, 1.82) is 0 Å². The van der Waals surface area contributed by atoms with Crippen molar-refractivity contribution in [2.45, 2.75) is 58.5 Å². The minimum Gasteiger partial charge on any atom is -0.487 e. The first kappa shape index (κ1) is 19.6. The highest BCUT2D eigenvalue weighted by Gasteiger charge is 2.18. The van der Waals surface area contributed by atoms with E-state index in [4.69, 9.17) is 4.74 Å². The summed E-state index contributed by atoms with van der Waals surface area (Å²) in [4.78, 5) is 31.2. The summed E-state index contributed by atoms with van der Waals surface area (Å²) in [5, 5.41) is 2.89.